The lowest BCUT2D eigenvalue weighted by molar-refractivity contribution is 0.0698. The van der Waals surface area contributed by atoms with Gasteiger partial charge in [0, 0.05) is 35.0 Å². The molecule has 28 heavy (non-hydrogen) atoms. The summed E-state index contributed by atoms with van der Waals surface area (Å²) in [4.78, 5) is 18.6. The number of benzene rings is 2. The molecule has 0 unspecified atom stereocenters. The monoisotopic (exact) mass is 433 g/mol. The molecule has 0 aliphatic carbocycles. The number of aromatic nitrogens is 1. The Hall–Kier alpha value is -2.15. The second-order valence-corrected chi connectivity index (χ2v) is 8.44. The zero-order valence-corrected chi connectivity index (χ0v) is 17.1. The fourth-order valence-electron chi connectivity index (χ4n) is 3.28. The van der Waals surface area contributed by atoms with Crippen LogP contribution in [-0.4, -0.2) is 40.7 Å². The van der Waals surface area contributed by atoms with Crippen LogP contribution < -0.4 is 10.2 Å². The molecule has 2 N–H and O–H groups in total. The van der Waals surface area contributed by atoms with Crippen molar-refractivity contribution in [2.24, 2.45) is 0 Å². The van der Waals surface area contributed by atoms with Crippen molar-refractivity contribution in [3.05, 3.63) is 58.2 Å². The zero-order valence-electron chi connectivity index (χ0n) is 14.8. The topological polar surface area (TPSA) is 65.5 Å². The molecule has 1 saturated heterocycles. The maximum atomic E-state index is 11.7. The van der Waals surface area contributed by atoms with Crippen LogP contribution in [0.1, 0.15) is 10.4 Å². The Kier molecular flexibility index (Phi) is 5.53. The first kappa shape index (κ1) is 19.2. The molecule has 5 nitrogen and oxygen atoms in total. The highest BCUT2D eigenvalue weighted by Crippen LogP contribution is 2.39. The number of anilines is 3. The first-order chi connectivity index (χ1) is 13.5. The number of aromatic carboxylic acids is 1. The van der Waals surface area contributed by atoms with Gasteiger partial charge < -0.3 is 15.3 Å². The van der Waals surface area contributed by atoms with E-state index in [1.165, 1.54) is 6.07 Å². The highest BCUT2D eigenvalue weighted by atomic mass is 35.5. The Labute approximate surface area is 176 Å². The van der Waals surface area contributed by atoms with Gasteiger partial charge in [-0.05, 0) is 30.3 Å². The van der Waals surface area contributed by atoms with Gasteiger partial charge in [0.25, 0.3) is 0 Å². The molecule has 0 radical (unpaired) electrons. The third kappa shape index (κ3) is 3.72. The summed E-state index contributed by atoms with van der Waals surface area (Å²) in [5.74, 6) is 1.01. The van der Waals surface area contributed by atoms with Gasteiger partial charge in [-0.15, -0.1) is 0 Å². The number of thioether (sulfide) groups is 1. The molecule has 0 saturated carbocycles. The lowest BCUT2D eigenvalue weighted by atomic mass is 10.1. The van der Waals surface area contributed by atoms with Crippen molar-refractivity contribution in [2.45, 2.75) is 0 Å². The van der Waals surface area contributed by atoms with E-state index in [2.05, 4.69) is 15.2 Å². The van der Waals surface area contributed by atoms with Crippen LogP contribution >= 0.6 is 35.0 Å². The molecule has 0 bridgehead atoms. The van der Waals surface area contributed by atoms with Crippen molar-refractivity contribution in [1.29, 1.82) is 0 Å². The van der Waals surface area contributed by atoms with Crippen molar-refractivity contribution in [2.75, 3.05) is 34.8 Å². The molecule has 8 heteroatoms. The van der Waals surface area contributed by atoms with Crippen molar-refractivity contribution >= 4 is 68.9 Å². The predicted octanol–water partition coefficient (Wildman–Crippen LogP) is 5.54. The minimum Gasteiger partial charge on any atom is -0.478 e. The van der Waals surface area contributed by atoms with Gasteiger partial charge >= 0.3 is 5.97 Å². The van der Waals surface area contributed by atoms with E-state index in [1.807, 2.05) is 30.1 Å². The van der Waals surface area contributed by atoms with Crippen LogP contribution in [0.2, 0.25) is 10.0 Å². The van der Waals surface area contributed by atoms with E-state index in [1.54, 1.807) is 18.2 Å². The van der Waals surface area contributed by atoms with Gasteiger partial charge in [-0.3, -0.25) is 4.98 Å². The third-order valence-electron chi connectivity index (χ3n) is 4.66. The van der Waals surface area contributed by atoms with E-state index in [-0.39, 0.29) is 5.56 Å². The summed E-state index contributed by atoms with van der Waals surface area (Å²) in [6.07, 6.45) is 1.83. The van der Waals surface area contributed by atoms with Crippen LogP contribution in [0.3, 0.4) is 0 Å². The summed E-state index contributed by atoms with van der Waals surface area (Å²) in [6, 6.07) is 10.3. The molecule has 3 aromatic rings. The normalized spacial score (nSPS) is 14.3. The molecule has 0 atom stereocenters. The second kappa shape index (κ2) is 8.07. The number of pyridine rings is 1. The van der Waals surface area contributed by atoms with Gasteiger partial charge in [-0.1, -0.05) is 29.3 Å². The molecule has 1 fully saturated rings. The summed E-state index contributed by atoms with van der Waals surface area (Å²) in [7, 11) is 0. The van der Waals surface area contributed by atoms with E-state index < -0.39 is 5.97 Å². The van der Waals surface area contributed by atoms with E-state index in [4.69, 9.17) is 23.2 Å². The molecular weight excluding hydrogens is 417 g/mol. The van der Waals surface area contributed by atoms with Gasteiger partial charge in [0.05, 0.1) is 39.4 Å². The summed E-state index contributed by atoms with van der Waals surface area (Å²) in [5.41, 5.74) is 2.91. The van der Waals surface area contributed by atoms with Gasteiger partial charge in [0.1, 0.15) is 0 Å². The molecule has 2 aromatic carbocycles. The molecular formula is C20H17Cl2N3O2S. The Morgan fingerprint density at radius 1 is 1.14 bits per heavy atom. The van der Waals surface area contributed by atoms with Crippen LogP contribution in [0.25, 0.3) is 10.9 Å². The van der Waals surface area contributed by atoms with Crippen molar-refractivity contribution in [3.8, 4) is 0 Å². The minimum absolute atomic E-state index is 0.111. The number of hydrogen-bond acceptors (Lipinski definition) is 5. The average molecular weight is 434 g/mol. The maximum absolute atomic E-state index is 11.7. The molecule has 1 aliphatic rings. The third-order valence-corrected chi connectivity index (χ3v) is 6.15. The molecule has 0 spiro atoms. The minimum atomic E-state index is -1.04. The summed E-state index contributed by atoms with van der Waals surface area (Å²) >= 11 is 14.5. The number of carboxylic acid groups (broad SMARTS) is 1. The number of nitrogens with one attached hydrogen (secondary N) is 1. The molecule has 1 aromatic heterocycles. The van der Waals surface area contributed by atoms with Gasteiger partial charge in [0.15, 0.2) is 0 Å². The van der Waals surface area contributed by atoms with E-state index >= 15 is 0 Å². The molecule has 4 rings (SSSR count). The highest BCUT2D eigenvalue weighted by molar-refractivity contribution is 7.99. The van der Waals surface area contributed by atoms with Gasteiger partial charge in [-0.25, -0.2) is 4.79 Å². The molecule has 0 amide bonds. The smallest absolute Gasteiger partial charge is 0.337 e. The van der Waals surface area contributed by atoms with Crippen LogP contribution in [0, 0.1) is 0 Å². The fourth-order valence-corrected chi connectivity index (χ4v) is 4.58. The highest BCUT2D eigenvalue weighted by Gasteiger charge is 2.21. The van der Waals surface area contributed by atoms with Crippen molar-refractivity contribution < 1.29 is 9.90 Å². The lowest BCUT2D eigenvalue weighted by Gasteiger charge is -2.31. The van der Waals surface area contributed by atoms with Gasteiger partial charge in [-0.2, -0.15) is 11.8 Å². The Bertz CT molecular complexity index is 1060. The predicted molar refractivity (Wildman–Crippen MR) is 118 cm³/mol. The standard InChI is InChI=1S/C20H17Cl2N3O2S/c21-12-4-5-16-14(10-12)19(17(11-23-16)25-6-8-28-9-7-25)24-18-13(20(26)27)2-1-3-15(18)22/h1-5,10-11H,6-9H2,(H,23,24)(H,26,27). The zero-order chi connectivity index (χ0) is 19.7. The first-order valence-electron chi connectivity index (χ1n) is 8.74. The van der Waals surface area contributed by atoms with Crippen molar-refractivity contribution in [1.82, 2.24) is 4.98 Å². The largest absolute Gasteiger partial charge is 0.478 e. The molecule has 2 heterocycles. The number of rotatable bonds is 4. The summed E-state index contributed by atoms with van der Waals surface area (Å²) in [5, 5.41) is 14.6. The number of hydrogen-bond donors (Lipinski definition) is 2. The number of para-hydroxylation sites is 1. The summed E-state index contributed by atoms with van der Waals surface area (Å²) in [6.45, 7) is 1.78. The van der Waals surface area contributed by atoms with Crippen molar-refractivity contribution in [3.63, 3.8) is 0 Å². The lowest BCUT2D eigenvalue weighted by Crippen LogP contribution is -2.33. The Morgan fingerprint density at radius 3 is 2.68 bits per heavy atom. The Morgan fingerprint density at radius 2 is 1.93 bits per heavy atom. The quantitative estimate of drug-likeness (QED) is 0.563. The molecule has 144 valence electrons. The first-order valence-corrected chi connectivity index (χ1v) is 10.7. The second-order valence-electron chi connectivity index (χ2n) is 6.37. The number of halogens is 2. The van der Waals surface area contributed by atoms with E-state index in [0.717, 1.165) is 46.9 Å². The van der Waals surface area contributed by atoms with Gasteiger partial charge in [0.2, 0.25) is 0 Å². The van der Waals surface area contributed by atoms with Crippen LogP contribution in [0.15, 0.2) is 42.6 Å². The fraction of sp³-hybridized carbons (Fsp3) is 0.200. The van der Waals surface area contributed by atoms with E-state index in [9.17, 15) is 9.90 Å². The van der Waals surface area contributed by atoms with Crippen LogP contribution in [-0.2, 0) is 0 Å². The maximum Gasteiger partial charge on any atom is 0.337 e. The number of fused-ring (bicyclic) bond motifs is 1. The number of carboxylic acids is 1. The summed E-state index contributed by atoms with van der Waals surface area (Å²) < 4.78 is 0. The molecule has 1 aliphatic heterocycles. The van der Waals surface area contributed by atoms with E-state index in [0.29, 0.717) is 15.7 Å². The number of nitrogens with zero attached hydrogens (tertiary/aromatic N) is 2. The Balaban J connectivity index is 1.91. The number of carbonyl (C=O) groups is 1. The van der Waals surface area contributed by atoms with Crippen LogP contribution in [0.5, 0.6) is 0 Å². The SMILES string of the molecule is O=C(O)c1cccc(Cl)c1Nc1c(N2CCSCC2)cnc2ccc(Cl)cc12. The van der Waals surface area contributed by atoms with Crippen LogP contribution in [0.4, 0.5) is 17.1 Å². The average Bonchev–Trinajstić information content (AvgIpc) is 2.70.